The number of rotatable bonds is 6. The van der Waals surface area contributed by atoms with E-state index in [1.807, 2.05) is 26.8 Å². The molecule has 0 aliphatic carbocycles. The van der Waals surface area contributed by atoms with Crippen LogP contribution in [0.15, 0.2) is 36.7 Å². The summed E-state index contributed by atoms with van der Waals surface area (Å²) in [7, 11) is 0. The van der Waals surface area contributed by atoms with Crippen LogP contribution in [0.2, 0.25) is 0 Å². The second-order valence-electron chi connectivity index (χ2n) is 4.61. The first-order valence-electron chi connectivity index (χ1n) is 7.01. The summed E-state index contributed by atoms with van der Waals surface area (Å²) in [6, 6.07) is 7.06. The van der Waals surface area contributed by atoms with Crippen molar-refractivity contribution in [2.45, 2.75) is 20.8 Å². The highest BCUT2D eigenvalue weighted by Crippen LogP contribution is 2.29. The van der Waals surface area contributed by atoms with Crippen molar-refractivity contribution in [1.29, 1.82) is 0 Å². The van der Waals surface area contributed by atoms with Crippen molar-refractivity contribution in [1.82, 2.24) is 4.98 Å². The van der Waals surface area contributed by atoms with Crippen molar-refractivity contribution in [3.05, 3.63) is 53.3 Å². The Morgan fingerprint density at radius 2 is 1.71 bits per heavy atom. The normalized spacial score (nSPS) is 10.2. The molecule has 0 fully saturated rings. The summed E-state index contributed by atoms with van der Waals surface area (Å²) in [5.74, 6) is 1.17. The van der Waals surface area contributed by atoms with Gasteiger partial charge in [0.1, 0.15) is 0 Å². The molecule has 2 aromatic rings. The summed E-state index contributed by atoms with van der Waals surface area (Å²) in [6.07, 6.45) is 3.30. The van der Waals surface area contributed by atoms with Crippen LogP contribution in [-0.4, -0.2) is 24.0 Å². The first-order valence-corrected chi connectivity index (χ1v) is 7.01. The van der Waals surface area contributed by atoms with Gasteiger partial charge in [-0.1, -0.05) is 0 Å². The highest BCUT2D eigenvalue weighted by molar-refractivity contribution is 6.09. The minimum absolute atomic E-state index is 0.0739. The summed E-state index contributed by atoms with van der Waals surface area (Å²) in [5, 5.41) is 0. The number of ether oxygens (including phenoxy) is 2. The summed E-state index contributed by atoms with van der Waals surface area (Å²) in [4.78, 5) is 16.5. The maximum absolute atomic E-state index is 12.5. The van der Waals surface area contributed by atoms with Crippen LogP contribution in [0.3, 0.4) is 0 Å². The van der Waals surface area contributed by atoms with Gasteiger partial charge >= 0.3 is 0 Å². The zero-order valence-corrected chi connectivity index (χ0v) is 12.6. The number of carbonyl (C=O) groups is 1. The van der Waals surface area contributed by atoms with E-state index in [0.717, 1.165) is 5.56 Å². The van der Waals surface area contributed by atoms with Gasteiger partial charge in [-0.15, -0.1) is 0 Å². The number of aromatic nitrogens is 1. The van der Waals surface area contributed by atoms with Crippen LogP contribution in [0.1, 0.15) is 35.3 Å². The van der Waals surface area contributed by atoms with Crippen molar-refractivity contribution in [3.8, 4) is 11.5 Å². The van der Waals surface area contributed by atoms with Gasteiger partial charge in [-0.3, -0.25) is 9.78 Å². The van der Waals surface area contributed by atoms with Crippen LogP contribution < -0.4 is 9.47 Å². The molecule has 0 atom stereocenters. The van der Waals surface area contributed by atoms with Crippen LogP contribution in [0.5, 0.6) is 11.5 Å². The molecule has 0 aliphatic rings. The topological polar surface area (TPSA) is 48.4 Å². The predicted octanol–water partition coefficient (Wildman–Crippen LogP) is 3.42. The predicted molar refractivity (Wildman–Crippen MR) is 81.2 cm³/mol. The molecule has 0 bridgehead atoms. The maximum Gasteiger partial charge on any atom is 0.194 e. The Balaban J connectivity index is 2.35. The van der Waals surface area contributed by atoms with E-state index >= 15 is 0 Å². The number of nitrogens with zero attached hydrogens (tertiary/aromatic N) is 1. The largest absolute Gasteiger partial charge is 0.490 e. The molecule has 0 amide bonds. The maximum atomic E-state index is 12.5. The number of aryl methyl sites for hydroxylation is 1. The van der Waals surface area contributed by atoms with Crippen LogP contribution >= 0.6 is 0 Å². The van der Waals surface area contributed by atoms with Crippen LogP contribution in [0.4, 0.5) is 0 Å². The smallest absolute Gasteiger partial charge is 0.194 e. The van der Waals surface area contributed by atoms with Gasteiger partial charge in [0, 0.05) is 23.5 Å². The monoisotopic (exact) mass is 285 g/mol. The van der Waals surface area contributed by atoms with E-state index in [1.54, 1.807) is 30.6 Å². The van der Waals surface area contributed by atoms with Gasteiger partial charge in [0.05, 0.1) is 13.2 Å². The van der Waals surface area contributed by atoms with Crippen LogP contribution in [0, 0.1) is 6.92 Å². The minimum atomic E-state index is -0.0739. The van der Waals surface area contributed by atoms with E-state index in [-0.39, 0.29) is 5.78 Å². The highest BCUT2D eigenvalue weighted by atomic mass is 16.5. The zero-order valence-electron chi connectivity index (χ0n) is 12.6. The van der Waals surface area contributed by atoms with Crippen molar-refractivity contribution < 1.29 is 14.3 Å². The van der Waals surface area contributed by atoms with Gasteiger partial charge in [-0.05, 0) is 50.6 Å². The fourth-order valence-corrected chi connectivity index (χ4v) is 2.04. The van der Waals surface area contributed by atoms with Gasteiger partial charge < -0.3 is 9.47 Å². The first-order chi connectivity index (χ1) is 10.2. The molecule has 0 N–H and O–H groups in total. The third-order valence-corrected chi connectivity index (χ3v) is 2.94. The average molecular weight is 285 g/mol. The van der Waals surface area contributed by atoms with Gasteiger partial charge in [-0.25, -0.2) is 0 Å². The molecule has 1 aromatic carbocycles. The molecule has 21 heavy (non-hydrogen) atoms. The Morgan fingerprint density at radius 3 is 2.38 bits per heavy atom. The number of hydrogen-bond donors (Lipinski definition) is 0. The Morgan fingerprint density at radius 1 is 1.00 bits per heavy atom. The molecule has 4 nitrogen and oxygen atoms in total. The lowest BCUT2D eigenvalue weighted by Gasteiger charge is -2.12. The van der Waals surface area contributed by atoms with Crippen LogP contribution in [0.25, 0.3) is 0 Å². The Hall–Kier alpha value is -2.36. The fraction of sp³-hybridized carbons (Fsp3) is 0.294. The van der Waals surface area contributed by atoms with Crippen molar-refractivity contribution >= 4 is 5.78 Å². The Bertz CT molecular complexity index is 638. The van der Waals surface area contributed by atoms with E-state index in [0.29, 0.717) is 35.8 Å². The molecule has 0 saturated heterocycles. The number of pyridine rings is 1. The van der Waals surface area contributed by atoms with Gasteiger partial charge in [0.15, 0.2) is 17.3 Å². The quantitative estimate of drug-likeness (QED) is 0.763. The van der Waals surface area contributed by atoms with E-state index in [1.165, 1.54) is 0 Å². The molecule has 2 rings (SSSR count). The van der Waals surface area contributed by atoms with E-state index in [2.05, 4.69) is 4.98 Å². The first kappa shape index (κ1) is 15.0. The van der Waals surface area contributed by atoms with E-state index in [4.69, 9.17) is 9.47 Å². The third kappa shape index (κ3) is 3.60. The summed E-state index contributed by atoms with van der Waals surface area (Å²) >= 11 is 0. The average Bonchev–Trinajstić information content (AvgIpc) is 2.49. The lowest BCUT2D eigenvalue weighted by Crippen LogP contribution is -2.05. The molecule has 1 heterocycles. The molecule has 0 radical (unpaired) electrons. The molecular formula is C17H19NO3. The highest BCUT2D eigenvalue weighted by Gasteiger charge is 2.13. The Labute approximate surface area is 124 Å². The van der Waals surface area contributed by atoms with Crippen molar-refractivity contribution in [2.75, 3.05) is 13.2 Å². The standard InChI is InChI=1S/C17H19NO3/c1-4-20-15-7-6-13(9-16(15)21-5-2)17(19)14-8-12(3)10-18-11-14/h6-11H,4-5H2,1-3H3. The molecule has 4 heteroatoms. The fourth-order valence-electron chi connectivity index (χ4n) is 2.04. The molecule has 1 aromatic heterocycles. The lowest BCUT2D eigenvalue weighted by atomic mass is 10.0. The number of ketones is 1. The molecule has 0 aliphatic heterocycles. The molecule has 0 spiro atoms. The summed E-state index contributed by atoms with van der Waals surface area (Å²) in [5.41, 5.74) is 2.09. The third-order valence-electron chi connectivity index (χ3n) is 2.94. The number of benzene rings is 1. The van der Waals surface area contributed by atoms with Gasteiger partial charge in [-0.2, -0.15) is 0 Å². The van der Waals surface area contributed by atoms with Crippen LogP contribution in [-0.2, 0) is 0 Å². The molecular weight excluding hydrogens is 266 g/mol. The molecule has 0 saturated carbocycles. The van der Waals surface area contributed by atoms with E-state index in [9.17, 15) is 4.79 Å². The molecule has 110 valence electrons. The number of hydrogen-bond acceptors (Lipinski definition) is 4. The second-order valence-corrected chi connectivity index (χ2v) is 4.61. The summed E-state index contributed by atoms with van der Waals surface area (Å²) < 4.78 is 11.0. The van der Waals surface area contributed by atoms with Gasteiger partial charge in [0.25, 0.3) is 0 Å². The zero-order chi connectivity index (χ0) is 15.2. The Kier molecular flexibility index (Phi) is 4.93. The van der Waals surface area contributed by atoms with Crippen molar-refractivity contribution in [3.63, 3.8) is 0 Å². The SMILES string of the molecule is CCOc1ccc(C(=O)c2cncc(C)c2)cc1OCC. The minimum Gasteiger partial charge on any atom is -0.490 e. The number of carbonyl (C=O) groups excluding carboxylic acids is 1. The van der Waals surface area contributed by atoms with Gasteiger partial charge in [0.2, 0.25) is 0 Å². The second kappa shape index (κ2) is 6.88. The molecule has 0 unspecified atom stereocenters. The summed E-state index contributed by atoms with van der Waals surface area (Å²) in [6.45, 7) is 6.79. The van der Waals surface area contributed by atoms with Crippen molar-refractivity contribution in [2.24, 2.45) is 0 Å². The van der Waals surface area contributed by atoms with E-state index < -0.39 is 0 Å². The lowest BCUT2D eigenvalue weighted by molar-refractivity contribution is 0.103.